The number of para-hydroxylation sites is 1. The van der Waals surface area contributed by atoms with Crippen molar-refractivity contribution in [3.8, 4) is 0 Å². The Bertz CT molecular complexity index is 439. The van der Waals surface area contributed by atoms with Crippen molar-refractivity contribution in [3.05, 3.63) is 40.5 Å². The van der Waals surface area contributed by atoms with Gasteiger partial charge in [-0.25, -0.2) is 0 Å². The first-order valence-electron chi connectivity index (χ1n) is 5.40. The second-order valence-corrected chi connectivity index (χ2v) is 5.11. The van der Waals surface area contributed by atoms with E-state index in [1.54, 1.807) is 6.08 Å². The van der Waals surface area contributed by atoms with Crippen molar-refractivity contribution >= 4 is 27.4 Å². The van der Waals surface area contributed by atoms with Crippen molar-refractivity contribution in [1.82, 2.24) is 0 Å². The molecule has 0 bridgehead atoms. The number of rotatable bonds is 2. The van der Waals surface area contributed by atoms with Gasteiger partial charge in [0, 0.05) is 22.7 Å². The molecule has 2 rings (SSSR count). The molecule has 2 nitrogen and oxygen atoms in total. The molecule has 0 fully saturated rings. The highest BCUT2D eigenvalue weighted by atomic mass is 79.9. The molecule has 1 atom stereocenters. The Morgan fingerprint density at radius 2 is 2.06 bits per heavy atom. The van der Waals surface area contributed by atoms with E-state index >= 15 is 0 Å². The van der Waals surface area contributed by atoms with Gasteiger partial charge in [-0.15, -0.1) is 0 Å². The van der Waals surface area contributed by atoms with Crippen LogP contribution in [0.5, 0.6) is 0 Å². The van der Waals surface area contributed by atoms with Crippen LogP contribution in [0.2, 0.25) is 0 Å². The van der Waals surface area contributed by atoms with E-state index in [0.29, 0.717) is 12.3 Å². The van der Waals surface area contributed by atoms with E-state index in [4.69, 9.17) is 0 Å². The van der Waals surface area contributed by atoms with Crippen LogP contribution in [-0.4, -0.2) is 5.78 Å². The molecule has 1 aliphatic rings. The van der Waals surface area contributed by atoms with Gasteiger partial charge in [0.25, 0.3) is 0 Å². The number of hydrogen-bond acceptors (Lipinski definition) is 2. The highest BCUT2D eigenvalue weighted by molar-refractivity contribution is 9.10. The fourth-order valence-corrected chi connectivity index (χ4v) is 2.31. The maximum absolute atomic E-state index is 11.4. The zero-order valence-electron chi connectivity index (χ0n) is 9.16. The van der Waals surface area contributed by atoms with Crippen LogP contribution in [0.1, 0.15) is 19.8 Å². The van der Waals surface area contributed by atoms with Crippen molar-refractivity contribution in [3.63, 3.8) is 0 Å². The van der Waals surface area contributed by atoms with Gasteiger partial charge in [0.1, 0.15) is 0 Å². The van der Waals surface area contributed by atoms with Gasteiger partial charge in [-0.1, -0.05) is 19.1 Å². The monoisotopic (exact) mass is 279 g/mol. The van der Waals surface area contributed by atoms with Gasteiger partial charge in [0.15, 0.2) is 5.78 Å². The van der Waals surface area contributed by atoms with Crippen LogP contribution in [0, 0.1) is 5.92 Å². The van der Waals surface area contributed by atoms with E-state index in [1.165, 1.54) is 0 Å². The van der Waals surface area contributed by atoms with E-state index in [-0.39, 0.29) is 5.78 Å². The standard InChI is InChI=1S/C13H14BrNO/c1-9-6-10(8-11(16)7-9)15-13-5-3-2-4-12(13)14/h2-5,8-9,15H,6-7H2,1H3/t9-/m0/s1. The molecule has 0 saturated carbocycles. The highest BCUT2D eigenvalue weighted by Crippen LogP contribution is 2.27. The summed E-state index contributed by atoms with van der Waals surface area (Å²) in [5, 5.41) is 3.30. The molecular weight excluding hydrogens is 266 g/mol. The van der Waals surface area contributed by atoms with Crippen LogP contribution in [0.25, 0.3) is 0 Å². The maximum atomic E-state index is 11.4. The highest BCUT2D eigenvalue weighted by Gasteiger charge is 2.17. The average Bonchev–Trinajstić information content (AvgIpc) is 2.20. The molecule has 0 unspecified atom stereocenters. The van der Waals surface area contributed by atoms with E-state index < -0.39 is 0 Å². The van der Waals surface area contributed by atoms with Crippen LogP contribution in [0.4, 0.5) is 5.69 Å². The number of carbonyl (C=O) groups excluding carboxylic acids is 1. The molecule has 0 aliphatic heterocycles. The summed E-state index contributed by atoms with van der Waals surface area (Å²) in [5.74, 6) is 0.649. The molecule has 16 heavy (non-hydrogen) atoms. The number of carbonyl (C=O) groups is 1. The van der Waals surface area contributed by atoms with Gasteiger partial charge in [-0.3, -0.25) is 4.79 Å². The predicted molar refractivity (Wildman–Crippen MR) is 69.3 cm³/mol. The lowest BCUT2D eigenvalue weighted by molar-refractivity contribution is -0.115. The Morgan fingerprint density at radius 3 is 2.75 bits per heavy atom. The Balaban J connectivity index is 2.16. The van der Waals surface area contributed by atoms with Crippen molar-refractivity contribution in [2.24, 2.45) is 5.92 Å². The Hall–Kier alpha value is -1.09. The SMILES string of the molecule is C[C@@H]1CC(=O)C=C(Nc2ccccc2Br)C1. The molecule has 0 radical (unpaired) electrons. The topological polar surface area (TPSA) is 29.1 Å². The van der Waals surface area contributed by atoms with Crippen LogP contribution in [0.3, 0.4) is 0 Å². The molecule has 0 amide bonds. The number of benzene rings is 1. The largest absolute Gasteiger partial charge is 0.358 e. The number of ketones is 1. The van der Waals surface area contributed by atoms with Gasteiger partial charge in [0.2, 0.25) is 0 Å². The summed E-state index contributed by atoms with van der Waals surface area (Å²) < 4.78 is 1.02. The predicted octanol–water partition coefficient (Wildman–Crippen LogP) is 3.74. The Kier molecular flexibility index (Phi) is 3.44. The normalized spacial score (nSPS) is 20.5. The minimum absolute atomic E-state index is 0.216. The summed E-state index contributed by atoms with van der Waals surface area (Å²) in [4.78, 5) is 11.4. The fraction of sp³-hybridized carbons (Fsp3) is 0.308. The van der Waals surface area contributed by atoms with Crippen molar-refractivity contribution < 1.29 is 4.79 Å². The summed E-state index contributed by atoms with van der Waals surface area (Å²) in [6.07, 6.45) is 3.33. The van der Waals surface area contributed by atoms with Crippen LogP contribution < -0.4 is 5.32 Å². The maximum Gasteiger partial charge on any atom is 0.157 e. The summed E-state index contributed by atoms with van der Waals surface area (Å²) in [5.41, 5.74) is 2.02. The zero-order chi connectivity index (χ0) is 11.5. The van der Waals surface area contributed by atoms with Crippen molar-refractivity contribution in [1.29, 1.82) is 0 Å². The zero-order valence-corrected chi connectivity index (χ0v) is 10.8. The summed E-state index contributed by atoms with van der Waals surface area (Å²) in [7, 11) is 0. The molecule has 1 aromatic rings. The van der Waals surface area contributed by atoms with E-state index in [1.807, 2.05) is 24.3 Å². The number of halogens is 1. The van der Waals surface area contributed by atoms with E-state index in [2.05, 4.69) is 28.2 Å². The molecule has 1 aromatic carbocycles. The number of hydrogen-bond donors (Lipinski definition) is 1. The lowest BCUT2D eigenvalue weighted by Crippen LogP contribution is -2.15. The lowest BCUT2D eigenvalue weighted by atomic mass is 9.93. The van der Waals surface area contributed by atoms with Crippen LogP contribution in [0.15, 0.2) is 40.5 Å². The van der Waals surface area contributed by atoms with E-state index in [0.717, 1.165) is 22.3 Å². The third kappa shape index (κ3) is 2.73. The van der Waals surface area contributed by atoms with Gasteiger partial charge in [-0.2, -0.15) is 0 Å². The van der Waals surface area contributed by atoms with Gasteiger partial charge in [0.05, 0.1) is 5.69 Å². The number of nitrogens with one attached hydrogen (secondary N) is 1. The molecule has 0 aromatic heterocycles. The molecule has 1 aliphatic carbocycles. The number of allylic oxidation sites excluding steroid dienone is 2. The molecule has 0 saturated heterocycles. The molecular formula is C13H14BrNO. The summed E-state index contributed by atoms with van der Waals surface area (Å²) >= 11 is 3.48. The van der Waals surface area contributed by atoms with Crippen molar-refractivity contribution in [2.75, 3.05) is 5.32 Å². The first-order chi connectivity index (χ1) is 7.65. The molecule has 0 heterocycles. The van der Waals surface area contributed by atoms with Crippen LogP contribution >= 0.6 is 15.9 Å². The van der Waals surface area contributed by atoms with Crippen LogP contribution in [-0.2, 0) is 4.79 Å². The van der Waals surface area contributed by atoms with Crippen molar-refractivity contribution in [2.45, 2.75) is 19.8 Å². The van der Waals surface area contributed by atoms with Gasteiger partial charge in [-0.05, 0) is 40.4 Å². The van der Waals surface area contributed by atoms with E-state index in [9.17, 15) is 4.79 Å². The average molecular weight is 280 g/mol. The van der Waals surface area contributed by atoms with Gasteiger partial charge < -0.3 is 5.32 Å². The molecule has 3 heteroatoms. The summed E-state index contributed by atoms with van der Waals surface area (Å²) in [6, 6.07) is 7.92. The second kappa shape index (κ2) is 4.83. The minimum Gasteiger partial charge on any atom is -0.358 e. The lowest BCUT2D eigenvalue weighted by Gasteiger charge is -2.20. The Morgan fingerprint density at radius 1 is 1.31 bits per heavy atom. The molecule has 84 valence electrons. The summed E-state index contributed by atoms with van der Waals surface area (Å²) in [6.45, 7) is 2.10. The second-order valence-electron chi connectivity index (χ2n) is 4.25. The quantitative estimate of drug-likeness (QED) is 0.894. The first kappa shape index (κ1) is 11.4. The third-order valence-corrected chi connectivity index (χ3v) is 3.31. The number of anilines is 1. The smallest absolute Gasteiger partial charge is 0.157 e. The van der Waals surface area contributed by atoms with Gasteiger partial charge >= 0.3 is 0 Å². The molecule has 0 spiro atoms. The fourth-order valence-electron chi connectivity index (χ4n) is 1.93. The Labute approximate surface area is 104 Å². The molecule has 1 N–H and O–H groups in total. The third-order valence-electron chi connectivity index (χ3n) is 2.62. The minimum atomic E-state index is 0.216. The first-order valence-corrected chi connectivity index (χ1v) is 6.19.